The summed E-state index contributed by atoms with van der Waals surface area (Å²) in [5.74, 6) is -1.48. The van der Waals surface area contributed by atoms with Gasteiger partial charge in [0.25, 0.3) is 0 Å². The van der Waals surface area contributed by atoms with Gasteiger partial charge in [0.15, 0.2) is 0 Å². The van der Waals surface area contributed by atoms with Crippen LogP contribution in [0.1, 0.15) is 33.6 Å². The van der Waals surface area contributed by atoms with E-state index in [1.165, 1.54) is 0 Å². The minimum atomic E-state index is -1.12. The number of rotatable bonds is 5. The summed E-state index contributed by atoms with van der Waals surface area (Å²) in [6.07, 6.45) is 3.50. The van der Waals surface area contributed by atoms with Crippen LogP contribution >= 0.6 is 0 Å². The molecule has 2 N–H and O–H groups in total. The first-order valence-electron chi connectivity index (χ1n) is 4.66. The standard InChI is InChI=1S/C10H17NO3/c1-4-10(3,5-2)11-8(12)6-7-9(13)14/h6-7H,4-5H2,1-3H3,(H,11,12)(H,13,14)/b7-6+. The number of carbonyl (C=O) groups excluding carboxylic acids is 1. The van der Waals surface area contributed by atoms with Crippen LogP contribution < -0.4 is 5.32 Å². The Morgan fingerprint density at radius 3 is 2.14 bits per heavy atom. The highest BCUT2D eigenvalue weighted by Crippen LogP contribution is 2.12. The Labute approximate surface area is 84.0 Å². The summed E-state index contributed by atoms with van der Waals surface area (Å²) in [5.41, 5.74) is -0.250. The second-order valence-electron chi connectivity index (χ2n) is 3.43. The molecular weight excluding hydrogens is 182 g/mol. The predicted octanol–water partition coefficient (Wildman–Crippen LogP) is 1.32. The molecule has 0 saturated carbocycles. The van der Waals surface area contributed by atoms with Gasteiger partial charge in [-0.1, -0.05) is 13.8 Å². The van der Waals surface area contributed by atoms with Crippen LogP contribution in [0.3, 0.4) is 0 Å². The number of carbonyl (C=O) groups is 2. The smallest absolute Gasteiger partial charge is 0.328 e. The van der Waals surface area contributed by atoms with Gasteiger partial charge >= 0.3 is 5.97 Å². The van der Waals surface area contributed by atoms with Gasteiger partial charge in [0.2, 0.25) is 5.91 Å². The van der Waals surface area contributed by atoms with Crippen LogP contribution in [-0.2, 0) is 9.59 Å². The molecule has 0 spiro atoms. The molecule has 0 unspecified atom stereocenters. The number of carboxylic acid groups (broad SMARTS) is 1. The SMILES string of the molecule is CCC(C)(CC)NC(=O)/C=C/C(=O)O. The Kier molecular flexibility index (Phi) is 4.91. The molecule has 4 heteroatoms. The van der Waals surface area contributed by atoms with E-state index in [1.54, 1.807) is 0 Å². The number of aliphatic carboxylic acids is 1. The van der Waals surface area contributed by atoms with Crippen molar-refractivity contribution in [1.29, 1.82) is 0 Å². The van der Waals surface area contributed by atoms with Gasteiger partial charge in [0.1, 0.15) is 0 Å². The Morgan fingerprint density at radius 2 is 1.79 bits per heavy atom. The van der Waals surface area contributed by atoms with Crippen LogP contribution in [0.5, 0.6) is 0 Å². The maximum Gasteiger partial charge on any atom is 0.328 e. The van der Waals surface area contributed by atoms with E-state index in [0.717, 1.165) is 25.0 Å². The number of hydrogen-bond acceptors (Lipinski definition) is 2. The minimum Gasteiger partial charge on any atom is -0.478 e. The zero-order valence-electron chi connectivity index (χ0n) is 8.83. The largest absolute Gasteiger partial charge is 0.478 e. The third-order valence-corrected chi connectivity index (χ3v) is 2.36. The summed E-state index contributed by atoms with van der Waals surface area (Å²) in [4.78, 5) is 21.4. The fourth-order valence-corrected chi connectivity index (χ4v) is 0.913. The molecule has 0 heterocycles. The van der Waals surface area contributed by atoms with E-state index >= 15 is 0 Å². The highest BCUT2D eigenvalue weighted by atomic mass is 16.4. The van der Waals surface area contributed by atoms with E-state index in [2.05, 4.69) is 5.32 Å². The molecular formula is C10H17NO3. The molecule has 0 bridgehead atoms. The Bertz CT molecular complexity index is 242. The van der Waals surface area contributed by atoms with Gasteiger partial charge in [0.05, 0.1) is 0 Å². The highest BCUT2D eigenvalue weighted by Gasteiger charge is 2.20. The van der Waals surface area contributed by atoms with E-state index in [1.807, 2.05) is 20.8 Å². The average molecular weight is 199 g/mol. The number of carboxylic acids is 1. The quantitative estimate of drug-likeness (QED) is 0.656. The second-order valence-corrected chi connectivity index (χ2v) is 3.43. The van der Waals surface area contributed by atoms with Crippen molar-refractivity contribution in [3.05, 3.63) is 12.2 Å². The van der Waals surface area contributed by atoms with Crippen molar-refractivity contribution in [1.82, 2.24) is 5.32 Å². The van der Waals surface area contributed by atoms with Gasteiger partial charge in [-0.25, -0.2) is 4.79 Å². The molecule has 0 aliphatic rings. The van der Waals surface area contributed by atoms with Gasteiger partial charge in [-0.15, -0.1) is 0 Å². The summed E-state index contributed by atoms with van der Waals surface area (Å²) in [6, 6.07) is 0. The van der Waals surface area contributed by atoms with E-state index < -0.39 is 5.97 Å². The average Bonchev–Trinajstić information content (AvgIpc) is 2.14. The molecule has 0 aromatic rings. The fraction of sp³-hybridized carbons (Fsp3) is 0.600. The van der Waals surface area contributed by atoms with E-state index in [-0.39, 0.29) is 11.4 Å². The van der Waals surface area contributed by atoms with Crippen LogP contribution in [0.25, 0.3) is 0 Å². The van der Waals surface area contributed by atoms with Crippen molar-refractivity contribution in [2.45, 2.75) is 39.2 Å². The van der Waals surface area contributed by atoms with Crippen LogP contribution in [0, 0.1) is 0 Å². The molecule has 4 nitrogen and oxygen atoms in total. The molecule has 0 aromatic carbocycles. The van der Waals surface area contributed by atoms with Crippen LogP contribution in [-0.4, -0.2) is 22.5 Å². The molecule has 0 fully saturated rings. The van der Waals surface area contributed by atoms with Crippen molar-refractivity contribution >= 4 is 11.9 Å². The molecule has 14 heavy (non-hydrogen) atoms. The van der Waals surface area contributed by atoms with Gasteiger partial charge in [-0.2, -0.15) is 0 Å². The second kappa shape index (κ2) is 5.42. The molecule has 0 saturated heterocycles. The van der Waals surface area contributed by atoms with Gasteiger partial charge < -0.3 is 10.4 Å². The highest BCUT2D eigenvalue weighted by molar-refractivity contribution is 5.94. The van der Waals surface area contributed by atoms with Crippen molar-refractivity contribution in [2.75, 3.05) is 0 Å². The van der Waals surface area contributed by atoms with Crippen molar-refractivity contribution in [3.8, 4) is 0 Å². The van der Waals surface area contributed by atoms with Crippen molar-refractivity contribution in [2.24, 2.45) is 0 Å². The van der Waals surface area contributed by atoms with E-state index in [9.17, 15) is 9.59 Å². The fourth-order valence-electron chi connectivity index (χ4n) is 0.913. The number of amides is 1. The Balaban J connectivity index is 4.24. The maximum atomic E-state index is 11.2. The molecule has 0 radical (unpaired) electrons. The summed E-state index contributed by atoms with van der Waals surface area (Å²) < 4.78 is 0. The van der Waals surface area contributed by atoms with Gasteiger partial charge in [0, 0.05) is 17.7 Å². The first kappa shape index (κ1) is 12.7. The molecule has 0 aliphatic heterocycles. The summed E-state index contributed by atoms with van der Waals surface area (Å²) >= 11 is 0. The summed E-state index contributed by atoms with van der Waals surface area (Å²) in [6.45, 7) is 5.88. The van der Waals surface area contributed by atoms with Crippen LogP contribution in [0.15, 0.2) is 12.2 Å². The maximum absolute atomic E-state index is 11.2. The lowest BCUT2D eigenvalue weighted by atomic mass is 9.95. The van der Waals surface area contributed by atoms with Crippen molar-refractivity contribution in [3.63, 3.8) is 0 Å². The van der Waals surface area contributed by atoms with E-state index in [0.29, 0.717) is 0 Å². The third kappa shape index (κ3) is 4.64. The lowest BCUT2D eigenvalue weighted by Gasteiger charge is -2.27. The molecule has 0 rings (SSSR count). The molecule has 0 aromatic heterocycles. The Morgan fingerprint density at radius 1 is 1.29 bits per heavy atom. The normalized spacial score (nSPS) is 11.6. The zero-order valence-corrected chi connectivity index (χ0v) is 8.83. The third-order valence-electron chi connectivity index (χ3n) is 2.36. The van der Waals surface area contributed by atoms with Crippen molar-refractivity contribution < 1.29 is 14.7 Å². The number of nitrogens with one attached hydrogen (secondary N) is 1. The van der Waals surface area contributed by atoms with Gasteiger partial charge in [-0.3, -0.25) is 4.79 Å². The first-order chi connectivity index (χ1) is 6.43. The topological polar surface area (TPSA) is 66.4 Å². The molecule has 80 valence electrons. The lowest BCUT2D eigenvalue weighted by Crippen LogP contribution is -2.44. The first-order valence-corrected chi connectivity index (χ1v) is 4.66. The van der Waals surface area contributed by atoms with Crippen LogP contribution in [0.2, 0.25) is 0 Å². The lowest BCUT2D eigenvalue weighted by molar-refractivity contribution is -0.131. The number of hydrogen-bond donors (Lipinski definition) is 2. The molecule has 0 atom stereocenters. The monoisotopic (exact) mass is 199 g/mol. The predicted molar refractivity (Wildman–Crippen MR) is 53.9 cm³/mol. The van der Waals surface area contributed by atoms with E-state index in [4.69, 9.17) is 5.11 Å². The zero-order chi connectivity index (χ0) is 11.2. The summed E-state index contributed by atoms with van der Waals surface area (Å²) in [7, 11) is 0. The van der Waals surface area contributed by atoms with Crippen LogP contribution in [0.4, 0.5) is 0 Å². The molecule has 1 amide bonds. The summed E-state index contributed by atoms with van der Waals surface area (Å²) in [5, 5.41) is 11.1. The Hall–Kier alpha value is -1.32. The minimum absolute atomic E-state index is 0.250. The molecule has 0 aliphatic carbocycles. The van der Waals surface area contributed by atoms with Gasteiger partial charge in [-0.05, 0) is 19.8 Å².